The first-order valence-electron chi connectivity index (χ1n) is 8.59. The first-order valence-corrected chi connectivity index (χ1v) is 10.0. The van der Waals surface area contributed by atoms with Crippen molar-refractivity contribution < 1.29 is 36.2 Å². The molecule has 2 saturated heterocycles. The van der Waals surface area contributed by atoms with E-state index in [9.17, 15) is 21.6 Å². The Hall–Kier alpha value is -1.70. The zero-order chi connectivity index (χ0) is 21.1. The van der Waals surface area contributed by atoms with E-state index >= 15 is 0 Å². The van der Waals surface area contributed by atoms with E-state index in [1.807, 2.05) is 6.92 Å². The van der Waals surface area contributed by atoms with Crippen LogP contribution in [-0.4, -0.2) is 89.4 Å². The van der Waals surface area contributed by atoms with Gasteiger partial charge in [0.05, 0.1) is 12.4 Å². The van der Waals surface area contributed by atoms with Crippen molar-refractivity contribution in [2.45, 2.75) is 36.7 Å². The Morgan fingerprint density at radius 1 is 1.36 bits per heavy atom. The molecule has 28 heavy (non-hydrogen) atoms. The smallest absolute Gasteiger partial charge is 0.475 e. The van der Waals surface area contributed by atoms with Crippen LogP contribution in [0.5, 0.6) is 0 Å². The number of carboxylic acids is 1. The van der Waals surface area contributed by atoms with E-state index in [0.717, 1.165) is 19.5 Å². The van der Waals surface area contributed by atoms with Gasteiger partial charge in [0.1, 0.15) is 0 Å². The highest BCUT2D eigenvalue weighted by Crippen LogP contribution is 2.26. The second-order valence-electron chi connectivity index (χ2n) is 6.51. The Morgan fingerprint density at radius 2 is 2.00 bits per heavy atom. The molecule has 13 heteroatoms. The van der Waals surface area contributed by atoms with Crippen LogP contribution in [0.1, 0.15) is 13.3 Å². The van der Waals surface area contributed by atoms with Crippen molar-refractivity contribution >= 4 is 16.0 Å². The Balaban J connectivity index is 0.000000345. The molecule has 1 aromatic rings. The summed E-state index contributed by atoms with van der Waals surface area (Å²) in [6.07, 6.45) is -0.872. The number of alkyl halides is 3. The lowest BCUT2D eigenvalue weighted by molar-refractivity contribution is -0.192. The molecule has 0 saturated carbocycles. The number of carbonyl (C=O) groups is 1. The maximum Gasteiger partial charge on any atom is 0.490 e. The molecule has 2 fully saturated rings. The first kappa shape index (κ1) is 22.6. The normalized spacial score (nSPS) is 23.8. The van der Waals surface area contributed by atoms with Gasteiger partial charge in [0.25, 0.3) is 10.0 Å². The molecule has 1 aromatic heterocycles. The van der Waals surface area contributed by atoms with Gasteiger partial charge in [-0.15, -0.1) is 0 Å². The van der Waals surface area contributed by atoms with E-state index < -0.39 is 22.2 Å². The minimum Gasteiger partial charge on any atom is -0.475 e. The van der Waals surface area contributed by atoms with Gasteiger partial charge >= 0.3 is 12.1 Å². The number of imidazole rings is 1. The number of aromatic nitrogens is 2. The molecule has 2 aliphatic rings. The van der Waals surface area contributed by atoms with Crippen molar-refractivity contribution in [2.24, 2.45) is 7.05 Å². The van der Waals surface area contributed by atoms with Crippen molar-refractivity contribution in [1.29, 1.82) is 0 Å². The van der Waals surface area contributed by atoms with Crippen molar-refractivity contribution in [3.05, 3.63) is 12.5 Å². The number of fused-ring (bicyclic) bond motifs is 1. The average Bonchev–Trinajstić information content (AvgIpc) is 3.20. The minimum absolute atomic E-state index is 0.137. The molecule has 1 N–H and O–H groups in total. The van der Waals surface area contributed by atoms with E-state index in [1.54, 1.807) is 22.1 Å². The number of piperazine rings is 1. The topological polar surface area (TPSA) is 105 Å². The molecule has 0 radical (unpaired) electrons. The summed E-state index contributed by atoms with van der Waals surface area (Å²) in [5, 5.41) is 7.26. The van der Waals surface area contributed by atoms with Crippen molar-refractivity contribution in [2.75, 3.05) is 32.8 Å². The lowest BCUT2D eigenvalue weighted by Crippen LogP contribution is -2.51. The van der Waals surface area contributed by atoms with Crippen LogP contribution in [0.25, 0.3) is 0 Å². The summed E-state index contributed by atoms with van der Waals surface area (Å²) < 4.78 is 65.8. The largest absolute Gasteiger partial charge is 0.490 e. The third kappa shape index (κ3) is 5.43. The van der Waals surface area contributed by atoms with Crippen molar-refractivity contribution in [1.82, 2.24) is 18.8 Å². The highest BCUT2D eigenvalue weighted by molar-refractivity contribution is 7.89. The molecule has 2 atom stereocenters. The van der Waals surface area contributed by atoms with Crippen LogP contribution < -0.4 is 0 Å². The van der Waals surface area contributed by atoms with Gasteiger partial charge in [-0.1, -0.05) is 0 Å². The molecule has 3 rings (SSSR count). The molecule has 9 nitrogen and oxygen atoms in total. The van der Waals surface area contributed by atoms with E-state index in [4.69, 9.17) is 14.6 Å². The summed E-state index contributed by atoms with van der Waals surface area (Å²) in [4.78, 5) is 15.2. The van der Waals surface area contributed by atoms with E-state index in [1.165, 1.54) is 6.33 Å². The minimum atomic E-state index is -5.08. The van der Waals surface area contributed by atoms with Crippen LogP contribution in [-0.2, 0) is 26.6 Å². The number of hydrogen-bond acceptors (Lipinski definition) is 6. The van der Waals surface area contributed by atoms with Gasteiger partial charge in [0.15, 0.2) is 5.03 Å². The van der Waals surface area contributed by atoms with Crippen LogP contribution in [0, 0.1) is 0 Å². The number of carboxylic acid groups (broad SMARTS) is 1. The molecular weight excluding hydrogens is 405 g/mol. The number of rotatable bonds is 4. The summed E-state index contributed by atoms with van der Waals surface area (Å²) in [6, 6.07) is 0.258. The summed E-state index contributed by atoms with van der Waals surface area (Å²) in [5.41, 5.74) is 0. The highest BCUT2D eigenvalue weighted by atomic mass is 32.2. The molecule has 160 valence electrons. The number of aryl methyl sites for hydroxylation is 1. The fourth-order valence-corrected chi connectivity index (χ4v) is 4.63. The predicted octanol–water partition coefficient (Wildman–Crippen LogP) is 0.537. The molecule has 3 heterocycles. The Kier molecular flexibility index (Phi) is 7.07. The van der Waals surface area contributed by atoms with Crippen molar-refractivity contribution in [3.8, 4) is 0 Å². The Morgan fingerprint density at radius 3 is 2.50 bits per heavy atom. The number of aliphatic carboxylic acids is 1. The quantitative estimate of drug-likeness (QED) is 0.746. The van der Waals surface area contributed by atoms with E-state index in [-0.39, 0.29) is 17.2 Å². The number of sulfonamides is 1. The fourth-order valence-electron chi connectivity index (χ4n) is 3.20. The molecule has 0 bridgehead atoms. The van der Waals surface area contributed by atoms with Crippen LogP contribution in [0.2, 0.25) is 0 Å². The Bertz CT molecular complexity index is 783. The van der Waals surface area contributed by atoms with E-state index in [0.29, 0.717) is 19.7 Å². The Labute approximate surface area is 160 Å². The lowest BCUT2D eigenvalue weighted by Gasteiger charge is -2.35. The molecule has 0 aliphatic carbocycles. The second-order valence-corrected chi connectivity index (χ2v) is 8.39. The second kappa shape index (κ2) is 8.76. The van der Waals surface area contributed by atoms with Crippen LogP contribution >= 0.6 is 0 Å². The SMILES string of the molecule is CCO[C@@H]1C[C@H]2CN(S(=O)(=O)c3cn(C)cn3)CCN2C1.O=C(O)C(F)(F)F. The summed E-state index contributed by atoms with van der Waals surface area (Å²) in [7, 11) is -1.70. The van der Waals surface area contributed by atoms with Gasteiger partial charge in [0.2, 0.25) is 0 Å². The first-order chi connectivity index (χ1) is 12.9. The van der Waals surface area contributed by atoms with Gasteiger partial charge in [-0.25, -0.2) is 18.2 Å². The van der Waals surface area contributed by atoms with Gasteiger partial charge < -0.3 is 14.4 Å². The van der Waals surface area contributed by atoms with Crippen LogP contribution in [0.4, 0.5) is 13.2 Å². The monoisotopic (exact) mass is 428 g/mol. The lowest BCUT2D eigenvalue weighted by atomic mass is 10.2. The standard InChI is InChI=1S/C13H22N4O3S.C2HF3O2/c1-3-20-12-6-11-7-17(5-4-16(11)8-12)21(18,19)13-9-15(2)10-14-13;3-2(4,5)1(6)7/h9-12H,3-8H2,1-2H3;(H,6,7)/t11-,12+;/m0./s1. The summed E-state index contributed by atoms with van der Waals surface area (Å²) in [5.74, 6) is -2.76. The number of hydrogen-bond donors (Lipinski definition) is 1. The predicted molar refractivity (Wildman–Crippen MR) is 91.0 cm³/mol. The maximum atomic E-state index is 12.6. The molecule has 0 amide bonds. The molecule has 2 aliphatic heterocycles. The zero-order valence-corrected chi connectivity index (χ0v) is 16.3. The fraction of sp³-hybridized carbons (Fsp3) is 0.733. The molecule has 0 aromatic carbocycles. The van der Waals surface area contributed by atoms with Gasteiger partial charge in [-0.2, -0.15) is 17.5 Å². The van der Waals surface area contributed by atoms with Crippen molar-refractivity contribution in [3.63, 3.8) is 0 Å². The van der Waals surface area contributed by atoms with Gasteiger partial charge in [0, 0.05) is 52.1 Å². The number of nitrogens with zero attached hydrogens (tertiary/aromatic N) is 4. The molecule has 0 spiro atoms. The number of halogens is 3. The van der Waals surface area contributed by atoms with Crippen LogP contribution in [0.3, 0.4) is 0 Å². The van der Waals surface area contributed by atoms with E-state index in [2.05, 4.69) is 9.88 Å². The highest BCUT2D eigenvalue weighted by Gasteiger charge is 2.40. The van der Waals surface area contributed by atoms with Gasteiger partial charge in [-0.3, -0.25) is 4.90 Å². The summed E-state index contributed by atoms with van der Waals surface area (Å²) >= 11 is 0. The summed E-state index contributed by atoms with van der Waals surface area (Å²) in [6.45, 7) is 5.43. The maximum absolute atomic E-state index is 12.6. The zero-order valence-electron chi connectivity index (χ0n) is 15.5. The van der Waals surface area contributed by atoms with Gasteiger partial charge in [-0.05, 0) is 13.3 Å². The third-order valence-electron chi connectivity index (χ3n) is 4.47. The third-order valence-corrected chi connectivity index (χ3v) is 6.22. The van der Waals surface area contributed by atoms with Crippen LogP contribution in [0.15, 0.2) is 17.6 Å². The molecular formula is C15H23F3N4O5S. The molecule has 0 unspecified atom stereocenters. The average molecular weight is 428 g/mol. The number of ether oxygens (including phenoxy) is 1.